The summed E-state index contributed by atoms with van der Waals surface area (Å²) in [6, 6.07) is 3.15. The van der Waals surface area contributed by atoms with Crippen LogP contribution in [0.25, 0.3) is 11.3 Å². The third kappa shape index (κ3) is 7.13. The van der Waals surface area contributed by atoms with E-state index >= 15 is 0 Å². The smallest absolute Gasteiger partial charge is 0.303 e. The number of halogens is 3. The van der Waals surface area contributed by atoms with Gasteiger partial charge in [-0.25, -0.2) is 22.8 Å². The number of esters is 3. The first-order chi connectivity index (χ1) is 19.4. The molecule has 3 aromatic rings. The Hall–Kier alpha value is -4.18. The molecule has 0 radical (unpaired) electrons. The third-order valence-corrected chi connectivity index (χ3v) is 6.87. The summed E-state index contributed by atoms with van der Waals surface area (Å²) in [7, 11) is 0. The standard InChI is InChI=1S/C25H23F3N4O8S/c1-11(33)37-10-19-23(38-12(2)34)22(32-9-18(30-31-32)14-6-16(26)21(28)17(27)7-14)24(39-13(3)35)25(40-19)41-15-4-5-29-20(36)8-15/h4-9,19,22-25H,10H2,1-3H3,(H,29,36)/t19-,22+,23+,24-,25-/m1/s1. The molecule has 0 amide bonds. The lowest BCUT2D eigenvalue weighted by Gasteiger charge is -2.44. The topological polar surface area (TPSA) is 152 Å². The summed E-state index contributed by atoms with van der Waals surface area (Å²) in [4.78, 5) is 40.2. The normalized spacial score (nSPS) is 22.1. The van der Waals surface area contributed by atoms with E-state index in [1.54, 1.807) is 6.07 Å². The van der Waals surface area contributed by atoms with Crippen LogP contribution in [0.15, 0.2) is 41.6 Å². The quantitative estimate of drug-likeness (QED) is 0.231. The van der Waals surface area contributed by atoms with Gasteiger partial charge in [0.1, 0.15) is 29.9 Å². The number of pyridine rings is 1. The van der Waals surface area contributed by atoms with Crippen LogP contribution in [0, 0.1) is 17.5 Å². The minimum atomic E-state index is -1.66. The largest absolute Gasteiger partial charge is 0.493 e. The number of thioether (sulfide) groups is 1. The minimum Gasteiger partial charge on any atom is -0.493 e. The number of hydrogen-bond acceptors (Lipinski definition) is 12. The van der Waals surface area contributed by atoms with Crippen molar-refractivity contribution in [3.63, 3.8) is 0 Å². The summed E-state index contributed by atoms with van der Waals surface area (Å²) in [5.74, 6) is -7.00. The van der Waals surface area contributed by atoms with Crippen LogP contribution in [0.2, 0.25) is 0 Å². The van der Waals surface area contributed by atoms with Crippen LogP contribution in [-0.4, -0.2) is 73.3 Å². The summed E-state index contributed by atoms with van der Waals surface area (Å²) in [6.07, 6.45) is -1.09. The fourth-order valence-corrected chi connectivity index (χ4v) is 5.27. The molecule has 218 valence electrons. The van der Waals surface area contributed by atoms with Gasteiger partial charge < -0.3 is 24.1 Å². The van der Waals surface area contributed by atoms with Crippen LogP contribution in [0.4, 0.5) is 13.2 Å². The zero-order valence-electron chi connectivity index (χ0n) is 21.7. The molecule has 41 heavy (non-hydrogen) atoms. The van der Waals surface area contributed by atoms with Crippen molar-refractivity contribution in [2.24, 2.45) is 0 Å². The Kier molecular flexibility index (Phi) is 9.12. The number of ether oxygens (including phenoxy) is 4. The van der Waals surface area contributed by atoms with E-state index in [-0.39, 0.29) is 23.7 Å². The van der Waals surface area contributed by atoms with Crippen molar-refractivity contribution in [2.75, 3.05) is 6.61 Å². The maximum atomic E-state index is 13.9. The molecule has 0 unspecified atom stereocenters. The molecule has 1 saturated heterocycles. The van der Waals surface area contributed by atoms with Gasteiger partial charge in [-0.05, 0) is 18.2 Å². The van der Waals surface area contributed by atoms with Crippen LogP contribution in [0.5, 0.6) is 5.88 Å². The Labute approximate surface area is 234 Å². The molecule has 0 spiro atoms. The van der Waals surface area contributed by atoms with E-state index < -0.39 is 65.1 Å². The van der Waals surface area contributed by atoms with Crippen LogP contribution in [0.3, 0.4) is 0 Å². The molecule has 12 nitrogen and oxygen atoms in total. The molecule has 1 fully saturated rings. The number of benzene rings is 1. The van der Waals surface area contributed by atoms with Crippen molar-refractivity contribution in [1.82, 2.24) is 20.0 Å². The van der Waals surface area contributed by atoms with E-state index in [0.717, 1.165) is 42.4 Å². The molecule has 4 rings (SSSR count). The predicted octanol–water partition coefficient (Wildman–Crippen LogP) is 2.95. The number of aromatic nitrogens is 4. The first-order valence-electron chi connectivity index (χ1n) is 11.9. The van der Waals surface area contributed by atoms with Gasteiger partial charge >= 0.3 is 17.9 Å². The number of carbonyl (C=O) groups excluding carboxylic acids is 3. The van der Waals surface area contributed by atoms with Crippen molar-refractivity contribution < 1.29 is 51.6 Å². The predicted molar refractivity (Wildman–Crippen MR) is 133 cm³/mol. The highest BCUT2D eigenvalue weighted by Gasteiger charge is 2.52. The Morgan fingerprint density at radius 2 is 1.68 bits per heavy atom. The van der Waals surface area contributed by atoms with E-state index in [0.29, 0.717) is 4.90 Å². The minimum absolute atomic E-state index is 0.0859. The molecule has 2 aromatic heterocycles. The highest BCUT2D eigenvalue weighted by molar-refractivity contribution is 7.99. The molecule has 0 saturated carbocycles. The molecule has 1 aliphatic rings. The van der Waals surface area contributed by atoms with E-state index in [1.165, 1.54) is 25.4 Å². The molecule has 0 aliphatic carbocycles. The SMILES string of the molecule is CC(=O)OC[C@H]1O[C@H](Sc2ccnc(O)c2)[C@H](OC(C)=O)[C@@H](n2cc(-c3cc(F)c(F)c(F)c3)nn2)[C@H]1OC(C)=O. The van der Waals surface area contributed by atoms with Crippen LogP contribution in [0.1, 0.15) is 26.8 Å². The molecular weight excluding hydrogens is 573 g/mol. The first kappa shape index (κ1) is 29.8. The van der Waals surface area contributed by atoms with Crippen molar-refractivity contribution in [1.29, 1.82) is 0 Å². The van der Waals surface area contributed by atoms with Crippen molar-refractivity contribution in [3.8, 4) is 17.1 Å². The maximum absolute atomic E-state index is 13.9. The van der Waals surface area contributed by atoms with Crippen LogP contribution in [-0.2, 0) is 33.3 Å². The summed E-state index contributed by atoms with van der Waals surface area (Å²) < 4.78 is 64.9. The van der Waals surface area contributed by atoms with Crippen LogP contribution >= 0.6 is 11.8 Å². The van der Waals surface area contributed by atoms with Crippen molar-refractivity contribution >= 4 is 29.7 Å². The average Bonchev–Trinajstić information content (AvgIpc) is 3.37. The summed E-state index contributed by atoms with van der Waals surface area (Å²) >= 11 is 1.01. The first-order valence-corrected chi connectivity index (χ1v) is 12.8. The second kappa shape index (κ2) is 12.6. The average molecular weight is 597 g/mol. The molecule has 3 heterocycles. The van der Waals surface area contributed by atoms with Gasteiger partial charge in [0.2, 0.25) is 5.88 Å². The van der Waals surface area contributed by atoms with Gasteiger partial charge in [0.15, 0.2) is 29.7 Å². The zero-order valence-corrected chi connectivity index (χ0v) is 22.5. The monoisotopic (exact) mass is 596 g/mol. The van der Waals surface area contributed by atoms with Gasteiger partial charge in [-0.1, -0.05) is 17.0 Å². The van der Waals surface area contributed by atoms with Gasteiger partial charge in [0.05, 0.1) is 6.20 Å². The highest BCUT2D eigenvalue weighted by Crippen LogP contribution is 2.41. The highest BCUT2D eigenvalue weighted by atomic mass is 32.2. The Bertz CT molecular complexity index is 1430. The lowest BCUT2D eigenvalue weighted by Crippen LogP contribution is -2.57. The molecule has 1 N–H and O–H groups in total. The maximum Gasteiger partial charge on any atom is 0.303 e. The summed E-state index contributed by atoms with van der Waals surface area (Å²) in [6.45, 7) is 3.04. The number of carbonyl (C=O) groups is 3. The van der Waals surface area contributed by atoms with E-state index in [2.05, 4.69) is 15.3 Å². The molecule has 1 aromatic carbocycles. The van der Waals surface area contributed by atoms with Gasteiger partial charge in [-0.15, -0.1) is 5.10 Å². The summed E-state index contributed by atoms with van der Waals surface area (Å²) in [5.41, 5.74) is -1.30. The molecule has 0 bridgehead atoms. The molecule has 1 aliphatic heterocycles. The number of aromatic hydroxyl groups is 1. The Balaban J connectivity index is 1.82. The zero-order chi connectivity index (χ0) is 29.8. The van der Waals surface area contributed by atoms with E-state index in [4.69, 9.17) is 18.9 Å². The van der Waals surface area contributed by atoms with E-state index in [9.17, 15) is 32.7 Å². The Morgan fingerprint density at radius 1 is 1.02 bits per heavy atom. The Morgan fingerprint density at radius 3 is 2.29 bits per heavy atom. The van der Waals surface area contributed by atoms with Gasteiger partial charge in [0, 0.05) is 43.5 Å². The van der Waals surface area contributed by atoms with E-state index in [1.807, 2.05) is 0 Å². The van der Waals surface area contributed by atoms with Gasteiger partial charge in [0.25, 0.3) is 0 Å². The van der Waals surface area contributed by atoms with Crippen LogP contribution < -0.4 is 0 Å². The molecule has 16 heteroatoms. The number of hydrogen-bond donors (Lipinski definition) is 1. The lowest BCUT2D eigenvalue weighted by molar-refractivity contribution is -0.212. The second-order valence-electron chi connectivity index (χ2n) is 8.79. The molecular formula is C25H23F3N4O8S. The van der Waals surface area contributed by atoms with Gasteiger partial charge in [-0.3, -0.25) is 14.4 Å². The fraction of sp³-hybridized carbons (Fsp3) is 0.360. The third-order valence-electron chi connectivity index (χ3n) is 5.74. The summed E-state index contributed by atoms with van der Waals surface area (Å²) in [5, 5.41) is 17.8. The lowest BCUT2D eigenvalue weighted by atomic mass is 9.96. The van der Waals surface area contributed by atoms with Crippen molar-refractivity contribution in [3.05, 3.63) is 54.1 Å². The second-order valence-corrected chi connectivity index (χ2v) is 9.96. The fourth-order valence-electron chi connectivity index (χ4n) is 4.14. The van der Waals surface area contributed by atoms with Crippen molar-refractivity contribution in [2.45, 2.75) is 55.5 Å². The molecule has 5 atom stereocenters. The number of rotatable bonds is 8. The van der Waals surface area contributed by atoms with Gasteiger partial charge in [-0.2, -0.15) is 0 Å². The number of nitrogens with zero attached hydrogens (tertiary/aromatic N) is 4.